The molecule has 2 rings (SSSR count). The van der Waals surface area contributed by atoms with E-state index >= 15 is 0 Å². The highest BCUT2D eigenvalue weighted by molar-refractivity contribution is 7.89. The normalized spacial score (nSPS) is 16.4. The molecule has 1 saturated carbocycles. The van der Waals surface area contributed by atoms with Crippen molar-refractivity contribution >= 4 is 21.4 Å². The Hall–Kier alpha value is -0.690. The summed E-state index contributed by atoms with van der Waals surface area (Å²) in [7, 11) is -3.41. The first-order chi connectivity index (χ1) is 8.11. The van der Waals surface area contributed by atoms with Crippen molar-refractivity contribution in [2.45, 2.75) is 30.3 Å². The minimum atomic E-state index is -3.41. The van der Waals surface area contributed by atoms with Crippen molar-refractivity contribution in [1.82, 2.24) is 4.31 Å². The first kappa shape index (κ1) is 12.8. The molecule has 0 aliphatic heterocycles. The van der Waals surface area contributed by atoms with Crippen LogP contribution in [0, 0.1) is 0 Å². The van der Waals surface area contributed by atoms with Gasteiger partial charge in [0.15, 0.2) is 0 Å². The summed E-state index contributed by atoms with van der Waals surface area (Å²) in [6.07, 6.45) is 3.51. The van der Waals surface area contributed by atoms with Crippen molar-refractivity contribution in [3.63, 3.8) is 0 Å². The third-order valence-corrected chi connectivity index (χ3v) is 5.82. The van der Waals surface area contributed by atoms with Crippen molar-refractivity contribution in [2.24, 2.45) is 5.73 Å². The molecule has 1 fully saturated rings. The number of hydrogen-bond acceptors (Lipinski definition) is 4. The summed E-state index contributed by atoms with van der Waals surface area (Å²) < 4.78 is 26.5. The molecule has 0 amide bonds. The third kappa shape index (κ3) is 2.44. The molecule has 0 unspecified atom stereocenters. The maximum absolute atomic E-state index is 12.5. The molecule has 2 N–H and O–H groups in total. The van der Waals surface area contributed by atoms with E-state index in [1.165, 1.54) is 15.6 Å². The summed E-state index contributed by atoms with van der Waals surface area (Å²) in [5.74, 6) is 0. The van der Waals surface area contributed by atoms with E-state index in [1.807, 2.05) is 0 Å². The fourth-order valence-electron chi connectivity index (χ4n) is 1.77. The average Bonchev–Trinajstić information content (AvgIpc) is 3.00. The Labute approximate surface area is 106 Å². The summed E-state index contributed by atoms with van der Waals surface area (Å²) >= 11 is 1.39. The largest absolute Gasteiger partial charge is 0.326 e. The molecule has 1 aromatic heterocycles. The Morgan fingerprint density at radius 3 is 2.82 bits per heavy atom. The predicted octanol–water partition coefficient (Wildman–Crippen LogP) is 1.55. The number of hydrogen-bond donors (Lipinski definition) is 1. The van der Waals surface area contributed by atoms with E-state index < -0.39 is 10.0 Å². The van der Waals surface area contributed by atoms with Crippen LogP contribution < -0.4 is 5.73 Å². The molecular formula is C11H16N2O2S2. The van der Waals surface area contributed by atoms with Crippen LogP contribution in [0.5, 0.6) is 0 Å². The van der Waals surface area contributed by atoms with Gasteiger partial charge in [0.1, 0.15) is 0 Å². The summed E-state index contributed by atoms with van der Waals surface area (Å²) in [6, 6.07) is 1.78. The van der Waals surface area contributed by atoms with Gasteiger partial charge in [0, 0.05) is 24.0 Å². The molecule has 1 heterocycles. The highest BCUT2D eigenvalue weighted by Crippen LogP contribution is 2.34. The van der Waals surface area contributed by atoms with Gasteiger partial charge in [-0.25, -0.2) is 8.42 Å². The van der Waals surface area contributed by atoms with Crippen LogP contribution in [0.4, 0.5) is 0 Å². The van der Waals surface area contributed by atoms with Gasteiger partial charge in [-0.3, -0.25) is 0 Å². The average molecular weight is 272 g/mol. The molecule has 0 spiro atoms. The Morgan fingerprint density at radius 1 is 1.59 bits per heavy atom. The molecule has 1 aromatic rings. The van der Waals surface area contributed by atoms with E-state index in [-0.39, 0.29) is 12.6 Å². The standard InChI is InChI=1S/C11H16N2O2S2/c1-2-6-13(9-3-4-9)17(14,15)11-5-7-16-10(11)8-12/h2,5,7,9H,1,3-4,6,8,12H2. The van der Waals surface area contributed by atoms with Crippen LogP contribution in [0.15, 0.2) is 29.0 Å². The molecule has 0 bridgehead atoms. The molecule has 0 radical (unpaired) electrons. The second kappa shape index (κ2) is 4.89. The fourth-order valence-corrected chi connectivity index (χ4v) is 4.73. The van der Waals surface area contributed by atoms with Crippen LogP contribution in [0.25, 0.3) is 0 Å². The van der Waals surface area contributed by atoms with Crippen LogP contribution in [0.1, 0.15) is 17.7 Å². The van der Waals surface area contributed by atoms with Crippen LogP contribution >= 0.6 is 11.3 Å². The maximum Gasteiger partial charge on any atom is 0.244 e. The second-order valence-corrected chi connectivity index (χ2v) is 6.87. The smallest absolute Gasteiger partial charge is 0.244 e. The Bertz CT molecular complexity index is 503. The molecule has 6 heteroatoms. The van der Waals surface area contributed by atoms with E-state index in [4.69, 9.17) is 5.73 Å². The van der Waals surface area contributed by atoms with Crippen molar-refractivity contribution in [3.8, 4) is 0 Å². The SMILES string of the molecule is C=CCN(C1CC1)S(=O)(=O)c1ccsc1CN. The molecule has 1 aliphatic carbocycles. The van der Waals surface area contributed by atoms with E-state index in [0.717, 1.165) is 17.7 Å². The van der Waals surface area contributed by atoms with E-state index in [1.54, 1.807) is 17.5 Å². The lowest BCUT2D eigenvalue weighted by Gasteiger charge is -2.20. The van der Waals surface area contributed by atoms with Crippen LogP contribution in [0.3, 0.4) is 0 Å². The summed E-state index contributed by atoms with van der Waals surface area (Å²) in [6.45, 7) is 4.25. The summed E-state index contributed by atoms with van der Waals surface area (Å²) in [5.41, 5.74) is 5.56. The van der Waals surface area contributed by atoms with Crippen LogP contribution in [-0.2, 0) is 16.6 Å². The van der Waals surface area contributed by atoms with Crippen LogP contribution in [-0.4, -0.2) is 25.3 Å². The number of sulfonamides is 1. The zero-order valence-corrected chi connectivity index (χ0v) is 11.1. The van der Waals surface area contributed by atoms with Gasteiger partial charge in [0.25, 0.3) is 0 Å². The van der Waals surface area contributed by atoms with Gasteiger partial charge in [0.05, 0.1) is 4.90 Å². The molecule has 0 aromatic carbocycles. The van der Waals surface area contributed by atoms with Gasteiger partial charge in [-0.05, 0) is 24.3 Å². The quantitative estimate of drug-likeness (QED) is 0.799. The van der Waals surface area contributed by atoms with Crippen molar-refractivity contribution in [3.05, 3.63) is 29.0 Å². The topological polar surface area (TPSA) is 63.4 Å². The van der Waals surface area contributed by atoms with E-state index in [0.29, 0.717) is 11.4 Å². The van der Waals surface area contributed by atoms with Gasteiger partial charge in [-0.2, -0.15) is 4.31 Å². The van der Waals surface area contributed by atoms with Crippen molar-refractivity contribution in [2.75, 3.05) is 6.54 Å². The molecule has 0 saturated heterocycles. The Morgan fingerprint density at radius 2 is 2.29 bits per heavy atom. The van der Waals surface area contributed by atoms with Gasteiger partial charge in [-0.1, -0.05) is 6.08 Å². The lowest BCUT2D eigenvalue weighted by atomic mass is 10.5. The highest BCUT2D eigenvalue weighted by atomic mass is 32.2. The maximum atomic E-state index is 12.5. The minimum Gasteiger partial charge on any atom is -0.326 e. The molecule has 4 nitrogen and oxygen atoms in total. The summed E-state index contributed by atoms with van der Waals surface area (Å²) in [5, 5.41) is 1.77. The van der Waals surface area contributed by atoms with Crippen LogP contribution in [0.2, 0.25) is 0 Å². The highest BCUT2D eigenvalue weighted by Gasteiger charge is 2.38. The second-order valence-electron chi connectivity index (χ2n) is 4.01. The van der Waals surface area contributed by atoms with E-state index in [2.05, 4.69) is 6.58 Å². The zero-order valence-electron chi connectivity index (χ0n) is 9.50. The first-order valence-electron chi connectivity index (χ1n) is 5.50. The molecule has 1 aliphatic rings. The molecule has 94 valence electrons. The van der Waals surface area contributed by atoms with Gasteiger partial charge < -0.3 is 5.73 Å². The van der Waals surface area contributed by atoms with Gasteiger partial charge in [-0.15, -0.1) is 17.9 Å². The van der Waals surface area contributed by atoms with Gasteiger partial charge in [0.2, 0.25) is 10.0 Å². The Kier molecular flexibility index (Phi) is 3.67. The van der Waals surface area contributed by atoms with Gasteiger partial charge >= 0.3 is 0 Å². The number of rotatable bonds is 6. The third-order valence-electron chi connectivity index (χ3n) is 2.74. The lowest BCUT2D eigenvalue weighted by Crippen LogP contribution is -2.33. The van der Waals surface area contributed by atoms with Crippen molar-refractivity contribution < 1.29 is 8.42 Å². The lowest BCUT2D eigenvalue weighted by molar-refractivity contribution is 0.435. The number of thiophene rings is 1. The molecule has 17 heavy (non-hydrogen) atoms. The van der Waals surface area contributed by atoms with Crippen molar-refractivity contribution in [1.29, 1.82) is 0 Å². The fraction of sp³-hybridized carbons (Fsp3) is 0.455. The predicted molar refractivity (Wildman–Crippen MR) is 69.3 cm³/mol. The first-order valence-corrected chi connectivity index (χ1v) is 7.82. The Balaban J connectivity index is 2.36. The number of nitrogens with zero attached hydrogens (tertiary/aromatic N) is 1. The monoisotopic (exact) mass is 272 g/mol. The number of nitrogens with two attached hydrogens (primary N) is 1. The zero-order chi connectivity index (χ0) is 12.5. The summed E-state index contributed by atoms with van der Waals surface area (Å²) in [4.78, 5) is 1.08. The minimum absolute atomic E-state index is 0.142. The molecule has 0 atom stereocenters. The molecular weight excluding hydrogens is 256 g/mol. The van der Waals surface area contributed by atoms with E-state index in [9.17, 15) is 8.42 Å².